The van der Waals surface area contributed by atoms with Gasteiger partial charge >= 0.3 is 0 Å². The molecule has 0 saturated heterocycles. The molecular weight excluding hydrogens is 426 g/mol. The molecule has 0 spiro atoms. The zero-order chi connectivity index (χ0) is 22.3. The van der Waals surface area contributed by atoms with Crippen LogP contribution in [-0.2, 0) is 14.8 Å². The number of ether oxygens (including phenoxy) is 1. The first-order chi connectivity index (χ1) is 14.1. The van der Waals surface area contributed by atoms with E-state index in [-0.39, 0.29) is 0 Å². The first kappa shape index (κ1) is 23.7. The lowest BCUT2D eigenvalue weighted by Crippen LogP contribution is -2.39. The van der Waals surface area contributed by atoms with Gasteiger partial charge in [-0.3, -0.25) is 9.10 Å². The van der Waals surface area contributed by atoms with Crippen molar-refractivity contribution in [2.45, 2.75) is 20.8 Å². The third-order valence-electron chi connectivity index (χ3n) is 3.98. The highest BCUT2D eigenvalue weighted by Gasteiger charge is 2.22. The van der Waals surface area contributed by atoms with Gasteiger partial charge in [0.1, 0.15) is 12.3 Å². The first-order valence-corrected chi connectivity index (χ1v) is 11.6. The molecule has 0 aliphatic rings. The molecular formula is C21H26ClN3O4S. The third-order valence-corrected chi connectivity index (χ3v) is 5.34. The van der Waals surface area contributed by atoms with Crippen molar-refractivity contribution in [2.24, 2.45) is 11.0 Å². The summed E-state index contributed by atoms with van der Waals surface area (Å²) < 4.78 is 31.0. The Bertz CT molecular complexity index is 1010. The lowest BCUT2D eigenvalue weighted by Gasteiger charge is -2.23. The predicted octanol–water partition coefficient (Wildman–Crippen LogP) is 3.60. The maximum absolute atomic E-state index is 12.3. The molecule has 2 rings (SSSR count). The molecule has 0 fully saturated rings. The molecule has 162 valence electrons. The number of benzene rings is 2. The summed E-state index contributed by atoms with van der Waals surface area (Å²) in [6, 6.07) is 12.0. The van der Waals surface area contributed by atoms with E-state index in [0.717, 1.165) is 21.9 Å². The summed E-state index contributed by atoms with van der Waals surface area (Å²) in [5.41, 5.74) is 4.15. The smallest absolute Gasteiger partial charge is 0.260 e. The van der Waals surface area contributed by atoms with Gasteiger partial charge < -0.3 is 4.74 Å². The molecule has 0 aliphatic carbocycles. The molecule has 1 N–H and O–H groups in total. The topological polar surface area (TPSA) is 88.1 Å². The van der Waals surface area contributed by atoms with Crippen LogP contribution in [0.25, 0.3) is 0 Å². The van der Waals surface area contributed by atoms with Crippen molar-refractivity contribution in [3.05, 3.63) is 58.6 Å². The molecule has 0 unspecified atom stereocenters. The van der Waals surface area contributed by atoms with Crippen LogP contribution in [0.2, 0.25) is 5.02 Å². The first-order valence-electron chi connectivity index (χ1n) is 9.35. The largest absolute Gasteiger partial charge is 0.493 e. The Morgan fingerprint density at radius 2 is 1.90 bits per heavy atom. The molecule has 0 aromatic heterocycles. The highest BCUT2D eigenvalue weighted by Crippen LogP contribution is 2.25. The number of nitrogens with one attached hydrogen (secondary N) is 1. The molecule has 2 aromatic carbocycles. The van der Waals surface area contributed by atoms with Gasteiger partial charge in [0.25, 0.3) is 5.91 Å². The molecule has 0 bridgehead atoms. The molecule has 9 heteroatoms. The van der Waals surface area contributed by atoms with E-state index < -0.39 is 22.5 Å². The number of anilines is 1. The molecule has 2 aromatic rings. The number of hydrazone groups is 1. The molecule has 0 heterocycles. The van der Waals surface area contributed by atoms with E-state index in [1.54, 1.807) is 25.1 Å². The summed E-state index contributed by atoms with van der Waals surface area (Å²) in [5, 5.41) is 4.39. The van der Waals surface area contributed by atoms with E-state index in [1.807, 2.05) is 24.3 Å². The van der Waals surface area contributed by atoms with Crippen molar-refractivity contribution in [1.29, 1.82) is 0 Å². The van der Waals surface area contributed by atoms with Crippen LogP contribution in [0, 0.1) is 12.8 Å². The van der Waals surface area contributed by atoms with Crippen molar-refractivity contribution >= 4 is 39.4 Å². The Balaban J connectivity index is 2.00. The summed E-state index contributed by atoms with van der Waals surface area (Å²) >= 11 is 5.94. The summed E-state index contributed by atoms with van der Waals surface area (Å²) in [6.45, 7) is 6.10. The van der Waals surface area contributed by atoms with Gasteiger partial charge in [-0.25, -0.2) is 13.8 Å². The molecule has 0 aliphatic heterocycles. The number of halogens is 1. The number of carbonyl (C=O) groups is 1. The minimum absolute atomic E-state index is 0.387. The maximum Gasteiger partial charge on any atom is 0.260 e. The number of hydrogen-bond acceptors (Lipinski definition) is 5. The number of aryl methyl sites for hydroxylation is 1. The van der Waals surface area contributed by atoms with Gasteiger partial charge in [-0.2, -0.15) is 5.10 Å². The number of nitrogens with zero attached hydrogens (tertiary/aromatic N) is 2. The highest BCUT2D eigenvalue weighted by molar-refractivity contribution is 7.92. The van der Waals surface area contributed by atoms with Gasteiger partial charge in [0, 0.05) is 5.02 Å². The average molecular weight is 452 g/mol. The summed E-state index contributed by atoms with van der Waals surface area (Å²) in [6.07, 6.45) is 2.52. The number of hydrogen-bond donors (Lipinski definition) is 1. The van der Waals surface area contributed by atoms with Crippen molar-refractivity contribution in [3.63, 3.8) is 0 Å². The summed E-state index contributed by atoms with van der Waals surface area (Å²) in [7, 11) is -3.68. The Morgan fingerprint density at radius 3 is 2.47 bits per heavy atom. The molecule has 0 atom stereocenters. The minimum atomic E-state index is -3.68. The van der Waals surface area contributed by atoms with Crippen LogP contribution in [0.4, 0.5) is 5.69 Å². The fraction of sp³-hybridized carbons (Fsp3) is 0.333. The Hall–Kier alpha value is -2.58. The van der Waals surface area contributed by atoms with Crippen LogP contribution in [-0.4, -0.2) is 39.9 Å². The second-order valence-corrected chi connectivity index (χ2v) is 9.61. The second-order valence-electron chi connectivity index (χ2n) is 7.27. The Labute approximate surface area is 182 Å². The van der Waals surface area contributed by atoms with E-state index in [0.29, 0.717) is 28.8 Å². The van der Waals surface area contributed by atoms with Crippen LogP contribution < -0.4 is 14.5 Å². The highest BCUT2D eigenvalue weighted by atomic mass is 35.5. The monoisotopic (exact) mass is 451 g/mol. The van der Waals surface area contributed by atoms with Crippen molar-refractivity contribution in [3.8, 4) is 5.75 Å². The minimum Gasteiger partial charge on any atom is -0.493 e. The lowest BCUT2D eigenvalue weighted by molar-refractivity contribution is -0.119. The molecule has 0 saturated carbocycles. The third kappa shape index (κ3) is 7.35. The zero-order valence-corrected chi connectivity index (χ0v) is 19.0. The number of carbonyl (C=O) groups excluding carboxylic acids is 1. The SMILES string of the molecule is Cc1cc(Cl)ccc1N(CC(=O)N/N=C\c1ccc(OCC(C)C)cc1)S(C)(=O)=O. The standard InChI is InChI=1S/C21H26ClN3O4S/c1-15(2)14-29-19-8-5-17(6-9-19)12-23-24-21(26)13-25(30(4,27)28)20-10-7-18(22)11-16(20)3/h5-12,15H,13-14H2,1-4H3,(H,24,26)/b23-12-. The molecule has 7 nitrogen and oxygen atoms in total. The number of amides is 1. The van der Waals surface area contributed by atoms with E-state index in [1.165, 1.54) is 6.21 Å². The van der Waals surface area contributed by atoms with Gasteiger partial charge in [0.05, 0.1) is 24.8 Å². The van der Waals surface area contributed by atoms with Gasteiger partial charge in [0.2, 0.25) is 10.0 Å². The quantitative estimate of drug-likeness (QED) is 0.466. The van der Waals surface area contributed by atoms with Crippen LogP contribution in [0.5, 0.6) is 5.75 Å². The summed E-state index contributed by atoms with van der Waals surface area (Å²) in [4.78, 5) is 12.3. The van der Waals surface area contributed by atoms with E-state index >= 15 is 0 Å². The van der Waals surface area contributed by atoms with Crippen molar-refractivity contribution in [1.82, 2.24) is 5.43 Å². The van der Waals surface area contributed by atoms with Crippen molar-refractivity contribution < 1.29 is 17.9 Å². The Morgan fingerprint density at radius 1 is 1.23 bits per heavy atom. The Kier molecular flexibility index (Phi) is 8.25. The van der Waals surface area contributed by atoms with Crippen LogP contribution in [0.15, 0.2) is 47.6 Å². The predicted molar refractivity (Wildman–Crippen MR) is 121 cm³/mol. The van der Waals surface area contributed by atoms with Gasteiger partial charge in [-0.15, -0.1) is 0 Å². The van der Waals surface area contributed by atoms with Crippen molar-refractivity contribution in [2.75, 3.05) is 23.7 Å². The van der Waals surface area contributed by atoms with E-state index in [4.69, 9.17) is 16.3 Å². The lowest BCUT2D eigenvalue weighted by atomic mass is 10.2. The van der Waals surface area contributed by atoms with E-state index in [2.05, 4.69) is 24.4 Å². The number of rotatable bonds is 9. The number of sulfonamides is 1. The maximum atomic E-state index is 12.3. The fourth-order valence-corrected chi connectivity index (χ4v) is 3.68. The second kappa shape index (κ2) is 10.4. The molecule has 1 amide bonds. The van der Waals surface area contributed by atoms with Gasteiger partial charge in [-0.1, -0.05) is 25.4 Å². The molecule has 30 heavy (non-hydrogen) atoms. The van der Waals surface area contributed by atoms with E-state index in [9.17, 15) is 13.2 Å². The average Bonchev–Trinajstić information content (AvgIpc) is 2.65. The zero-order valence-electron chi connectivity index (χ0n) is 17.4. The molecule has 0 radical (unpaired) electrons. The fourth-order valence-electron chi connectivity index (χ4n) is 2.54. The van der Waals surface area contributed by atoms with Gasteiger partial charge in [-0.05, 0) is 66.4 Å². The summed E-state index contributed by atoms with van der Waals surface area (Å²) in [5.74, 6) is 0.625. The van der Waals surface area contributed by atoms with Crippen LogP contribution >= 0.6 is 11.6 Å². The van der Waals surface area contributed by atoms with Crippen LogP contribution in [0.1, 0.15) is 25.0 Å². The van der Waals surface area contributed by atoms with Crippen LogP contribution in [0.3, 0.4) is 0 Å². The normalized spacial score (nSPS) is 11.7. The van der Waals surface area contributed by atoms with Gasteiger partial charge in [0.15, 0.2) is 0 Å².